The maximum atomic E-state index is 5.53. The topological polar surface area (TPSA) is 85.1 Å². The van der Waals surface area contributed by atoms with Gasteiger partial charge in [-0.3, -0.25) is 0 Å². The number of nitrogen functional groups attached to an aromatic ring is 1. The van der Waals surface area contributed by atoms with E-state index >= 15 is 0 Å². The van der Waals surface area contributed by atoms with E-state index in [0.29, 0.717) is 12.4 Å². The highest BCUT2D eigenvalue weighted by Gasteiger charge is 2.14. The Morgan fingerprint density at radius 1 is 1.24 bits per heavy atom. The highest BCUT2D eigenvalue weighted by Crippen LogP contribution is 2.30. The zero-order valence-electron chi connectivity index (χ0n) is 12.6. The van der Waals surface area contributed by atoms with E-state index < -0.39 is 0 Å². The lowest BCUT2D eigenvalue weighted by Crippen LogP contribution is -2.14. The van der Waals surface area contributed by atoms with Crippen molar-refractivity contribution in [3.05, 3.63) is 36.2 Å². The third-order valence-corrected chi connectivity index (χ3v) is 3.01. The number of hydrogen-bond acceptors (Lipinski definition) is 6. The minimum atomic E-state index is 0.231. The molecule has 0 atom stereocenters. The van der Waals surface area contributed by atoms with Crippen molar-refractivity contribution >= 4 is 17.3 Å². The Kier molecular flexibility index (Phi) is 4.94. The monoisotopic (exact) mass is 287 g/mol. The van der Waals surface area contributed by atoms with Gasteiger partial charge in [0.1, 0.15) is 23.7 Å². The molecule has 0 saturated heterocycles. The lowest BCUT2D eigenvalue weighted by Gasteiger charge is -2.16. The van der Waals surface area contributed by atoms with Crippen molar-refractivity contribution in [2.45, 2.75) is 26.7 Å². The fraction of sp³-hybridized carbons (Fsp3) is 0.333. The number of nitrogens with two attached hydrogens (primary N) is 1. The molecule has 21 heavy (non-hydrogen) atoms. The third-order valence-electron chi connectivity index (χ3n) is 3.01. The second-order valence-corrected chi connectivity index (χ2v) is 4.87. The Hall–Kier alpha value is -2.34. The molecule has 0 aliphatic rings. The largest absolute Gasteiger partial charge is 0.494 e. The highest BCUT2D eigenvalue weighted by atomic mass is 16.5. The van der Waals surface area contributed by atoms with Crippen molar-refractivity contribution in [3.63, 3.8) is 0 Å². The van der Waals surface area contributed by atoms with E-state index in [1.54, 1.807) is 0 Å². The average molecular weight is 287 g/mol. The number of hydrogen-bond donors (Lipinski definition) is 3. The van der Waals surface area contributed by atoms with Crippen molar-refractivity contribution in [3.8, 4) is 5.75 Å². The van der Waals surface area contributed by atoms with Crippen LogP contribution in [0.5, 0.6) is 5.75 Å². The van der Waals surface area contributed by atoms with Gasteiger partial charge in [-0.15, -0.1) is 0 Å². The molecule has 4 N–H and O–H groups in total. The van der Waals surface area contributed by atoms with Crippen LogP contribution in [0.1, 0.15) is 32.3 Å². The first-order valence-electron chi connectivity index (χ1n) is 6.97. The molecule has 0 saturated carbocycles. The Morgan fingerprint density at radius 2 is 2.00 bits per heavy atom. The second-order valence-electron chi connectivity index (χ2n) is 4.87. The summed E-state index contributed by atoms with van der Waals surface area (Å²) in [6.07, 6.45) is 1.48. The molecular weight excluding hydrogens is 266 g/mol. The molecule has 0 fully saturated rings. The van der Waals surface area contributed by atoms with Crippen molar-refractivity contribution in [2.24, 2.45) is 5.84 Å². The maximum Gasteiger partial charge on any atom is 0.148 e. The van der Waals surface area contributed by atoms with Gasteiger partial charge in [-0.1, -0.05) is 19.9 Å². The zero-order chi connectivity index (χ0) is 15.2. The summed E-state index contributed by atoms with van der Waals surface area (Å²) in [5, 5.41) is 3.30. The first-order chi connectivity index (χ1) is 10.2. The number of rotatable bonds is 6. The molecule has 0 aliphatic carbocycles. The fourth-order valence-electron chi connectivity index (χ4n) is 2.12. The molecule has 112 valence electrons. The molecule has 0 spiro atoms. The first-order valence-corrected chi connectivity index (χ1v) is 6.97. The molecular formula is C15H21N5O. The van der Waals surface area contributed by atoms with Crippen LogP contribution >= 0.6 is 0 Å². The molecule has 6 heteroatoms. The van der Waals surface area contributed by atoms with Crippen LogP contribution in [0.3, 0.4) is 0 Å². The van der Waals surface area contributed by atoms with Gasteiger partial charge in [0.15, 0.2) is 0 Å². The van der Waals surface area contributed by atoms with Crippen LogP contribution in [-0.4, -0.2) is 16.6 Å². The van der Waals surface area contributed by atoms with E-state index in [1.165, 1.54) is 6.33 Å². The first kappa shape index (κ1) is 15.1. The summed E-state index contributed by atoms with van der Waals surface area (Å²) in [6.45, 7) is 6.73. The Labute approximate surface area is 124 Å². The number of nitrogens with one attached hydrogen (secondary N) is 2. The maximum absolute atomic E-state index is 5.53. The van der Waals surface area contributed by atoms with Crippen LogP contribution in [0.4, 0.5) is 17.3 Å². The second kappa shape index (κ2) is 6.90. The van der Waals surface area contributed by atoms with Gasteiger partial charge in [-0.2, -0.15) is 0 Å². The molecule has 1 heterocycles. The average Bonchev–Trinajstić information content (AvgIpc) is 2.47. The number of anilines is 3. The molecule has 0 amide bonds. The number of hydrazine groups is 1. The number of aromatic nitrogens is 2. The van der Waals surface area contributed by atoms with Crippen LogP contribution in [0.25, 0.3) is 0 Å². The number of benzene rings is 1. The number of ether oxygens (including phenoxy) is 1. The summed E-state index contributed by atoms with van der Waals surface area (Å²) in [5.74, 6) is 7.94. The molecule has 0 radical (unpaired) electrons. The van der Waals surface area contributed by atoms with E-state index in [1.807, 2.05) is 31.2 Å². The van der Waals surface area contributed by atoms with E-state index in [9.17, 15) is 0 Å². The van der Waals surface area contributed by atoms with Gasteiger partial charge in [0.25, 0.3) is 0 Å². The smallest absolute Gasteiger partial charge is 0.148 e. The van der Waals surface area contributed by atoms with E-state index in [2.05, 4.69) is 34.6 Å². The Morgan fingerprint density at radius 3 is 2.67 bits per heavy atom. The van der Waals surface area contributed by atoms with Gasteiger partial charge < -0.3 is 15.5 Å². The summed E-state index contributed by atoms with van der Waals surface area (Å²) in [6, 6.07) is 7.76. The molecule has 2 rings (SSSR count). The van der Waals surface area contributed by atoms with Crippen LogP contribution < -0.4 is 21.3 Å². The van der Waals surface area contributed by atoms with Crippen molar-refractivity contribution in [1.82, 2.24) is 9.97 Å². The molecule has 2 aromatic rings. The van der Waals surface area contributed by atoms with Crippen molar-refractivity contribution in [1.29, 1.82) is 0 Å². The lowest BCUT2D eigenvalue weighted by atomic mass is 10.0. The zero-order valence-corrected chi connectivity index (χ0v) is 12.6. The summed E-state index contributed by atoms with van der Waals surface area (Å²) in [5.41, 5.74) is 4.47. The van der Waals surface area contributed by atoms with Gasteiger partial charge in [-0.05, 0) is 25.0 Å². The van der Waals surface area contributed by atoms with Crippen LogP contribution in [0.15, 0.2) is 30.6 Å². The van der Waals surface area contributed by atoms with Gasteiger partial charge in [0.2, 0.25) is 0 Å². The SMILES string of the molecule is CCOc1cccc(Nc2ncnc(NN)c2C(C)C)c1. The quantitative estimate of drug-likeness (QED) is 0.559. The lowest BCUT2D eigenvalue weighted by molar-refractivity contribution is 0.340. The minimum Gasteiger partial charge on any atom is -0.494 e. The summed E-state index contributed by atoms with van der Waals surface area (Å²) in [7, 11) is 0. The molecule has 0 aliphatic heterocycles. The summed E-state index contributed by atoms with van der Waals surface area (Å²) in [4.78, 5) is 8.48. The molecule has 0 bridgehead atoms. The van der Waals surface area contributed by atoms with Crippen LogP contribution in [0.2, 0.25) is 0 Å². The molecule has 1 aromatic carbocycles. The minimum absolute atomic E-state index is 0.231. The highest BCUT2D eigenvalue weighted by molar-refractivity contribution is 5.66. The Balaban J connectivity index is 2.33. The molecule has 6 nitrogen and oxygen atoms in total. The molecule has 0 unspecified atom stereocenters. The third kappa shape index (κ3) is 3.61. The predicted molar refractivity (Wildman–Crippen MR) is 84.8 cm³/mol. The van der Waals surface area contributed by atoms with Crippen molar-refractivity contribution in [2.75, 3.05) is 17.3 Å². The van der Waals surface area contributed by atoms with Crippen LogP contribution in [0, 0.1) is 0 Å². The summed E-state index contributed by atoms with van der Waals surface area (Å²) >= 11 is 0. The standard InChI is InChI=1S/C15H21N5O/c1-4-21-12-7-5-6-11(8-12)19-14-13(10(2)3)15(20-16)18-9-17-14/h5-10H,4,16H2,1-3H3,(H2,17,18,19,20). The van der Waals surface area contributed by atoms with E-state index in [-0.39, 0.29) is 5.92 Å². The Bertz CT molecular complexity index is 600. The van der Waals surface area contributed by atoms with Gasteiger partial charge in [-0.25, -0.2) is 15.8 Å². The number of nitrogens with zero attached hydrogens (tertiary/aromatic N) is 2. The summed E-state index contributed by atoms with van der Waals surface area (Å²) < 4.78 is 5.50. The van der Waals surface area contributed by atoms with E-state index in [0.717, 1.165) is 22.8 Å². The molecule has 1 aromatic heterocycles. The normalized spacial score (nSPS) is 10.5. The van der Waals surface area contributed by atoms with Gasteiger partial charge in [0.05, 0.1) is 6.61 Å². The van der Waals surface area contributed by atoms with Gasteiger partial charge in [0, 0.05) is 17.3 Å². The van der Waals surface area contributed by atoms with Crippen molar-refractivity contribution < 1.29 is 4.74 Å². The van der Waals surface area contributed by atoms with Gasteiger partial charge >= 0.3 is 0 Å². The predicted octanol–water partition coefficient (Wildman–Crippen LogP) is 3.03. The van der Waals surface area contributed by atoms with E-state index in [4.69, 9.17) is 10.6 Å². The van der Waals surface area contributed by atoms with Crippen LogP contribution in [-0.2, 0) is 0 Å². The fourth-order valence-corrected chi connectivity index (χ4v) is 2.12.